The molecule has 0 radical (unpaired) electrons. The van der Waals surface area contributed by atoms with Crippen LogP contribution in [0.25, 0.3) is 84.4 Å². The van der Waals surface area contributed by atoms with Gasteiger partial charge in [0.15, 0.2) is 17.5 Å². The van der Waals surface area contributed by atoms with Crippen LogP contribution in [0.15, 0.2) is 159 Å². The van der Waals surface area contributed by atoms with Crippen molar-refractivity contribution < 1.29 is 0 Å². The summed E-state index contributed by atoms with van der Waals surface area (Å²) in [6.45, 7) is 14.0. The molecular weight excluding hydrogens is 597 g/mol. The van der Waals surface area contributed by atoms with Crippen molar-refractivity contribution in [2.45, 2.75) is 6.92 Å². The number of hydrogen-bond acceptors (Lipinski definition) is 4. The summed E-state index contributed by atoms with van der Waals surface area (Å²) in [5.74, 6) is 1.84. The smallest absolute Gasteiger partial charge is 0.164 e. The molecule has 0 aliphatic carbocycles. The maximum absolute atomic E-state index is 4.94. The number of allylic oxidation sites excluding steroid dienone is 5. The minimum absolute atomic E-state index is 0.607. The van der Waals surface area contributed by atoms with E-state index in [4.69, 9.17) is 15.0 Å². The lowest BCUT2D eigenvalue weighted by Gasteiger charge is -2.14. The summed E-state index contributed by atoms with van der Waals surface area (Å²) < 4.78 is 0. The molecule has 0 bridgehead atoms. The van der Waals surface area contributed by atoms with Crippen LogP contribution in [-0.4, -0.2) is 19.9 Å². The lowest BCUT2D eigenvalue weighted by molar-refractivity contribution is 1.04. The van der Waals surface area contributed by atoms with Gasteiger partial charge in [-0.2, -0.15) is 0 Å². The van der Waals surface area contributed by atoms with Crippen molar-refractivity contribution >= 4 is 39.4 Å². The molecule has 234 valence electrons. The van der Waals surface area contributed by atoms with E-state index in [1.54, 1.807) is 6.08 Å². The summed E-state index contributed by atoms with van der Waals surface area (Å²) in [7, 11) is 0. The van der Waals surface area contributed by atoms with Crippen molar-refractivity contribution in [2.24, 2.45) is 0 Å². The Hall–Kier alpha value is -6.52. The van der Waals surface area contributed by atoms with Crippen LogP contribution in [0, 0.1) is 0 Å². The van der Waals surface area contributed by atoms with Crippen LogP contribution < -0.4 is 0 Å². The third kappa shape index (κ3) is 6.04. The molecule has 2 heterocycles. The fourth-order valence-electron chi connectivity index (χ4n) is 6.26. The molecule has 0 atom stereocenters. The third-order valence-corrected chi connectivity index (χ3v) is 8.66. The van der Waals surface area contributed by atoms with Gasteiger partial charge in [0, 0.05) is 33.8 Å². The third-order valence-electron chi connectivity index (χ3n) is 8.66. The van der Waals surface area contributed by atoms with Crippen molar-refractivity contribution in [1.82, 2.24) is 19.9 Å². The second kappa shape index (κ2) is 13.7. The molecule has 49 heavy (non-hydrogen) atoms. The molecule has 7 rings (SSSR count). The van der Waals surface area contributed by atoms with E-state index in [1.807, 2.05) is 86.0 Å². The first-order valence-electron chi connectivity index (χ1n) is 16.2. The predicted molar refractivity (Wildman–Crippen MR) is 208 cm³/mol. The van der Waals surface area contributed by atoms with Crippen LogP contribution in [0.3, 0.4) is 0 Å². The van der Waals surface area contributed by atoms with Gasteiger partial charge in [0.25, 0.3) is 0 Å². The topological polar surface area (TPSA) is 51.6 Å². The van der Waals surface area contributed by atoms with E-state index in [0.29, 0.717) is 17.5 Å². The van der Waals surface area contributed by atoms with E-state index in [2.05, 4.69) is 91.5 Å². The molecular formula is C45H34N4. The quantitative estimate of drug-likeness (QED) is 0.118. The van der Waals surface area contributed by atoms with Crippen LogP contribution in [0.4, 0.5) is 0 Å². The lowest BCUT2D eigenvalue weighted by atomic mass is 9.91. The minimum atomic E-state index is 0.607. The summed E-state index contributed by atoms with van der Waals surface area (Å²) in [5.41, 5.74) is 10.1. The number of pyridine rings is 1. The molecule has 0 aliphatic rings. The van der Waals surface area contributed by atoms with Gasteiger partial charge in [0.2, 0.25) is 0 Å². The van der Waals surface area contributed by atoms with Gasteiger partial charge < -0.3 is 0 Å². The Morgan fingerprint density at radius 2 is 1.18 bits per heavy atom. The molecule has 0 fully saturated rings. The molecule has 5 aromatic carbocycles. The second-order valence-corrected chi connectivity index (χ2v) is 11.6. The zero-order valence-electron chi connectivity index (χ0n) is 27.3. The highest BCUT2D eigenvalue weighted by Crippen LogP contribution is 2.37. The summed E-state index contributed by atoms with van der Waals surface area (Å²) >= 11 is 0. The maximum atomic E-state index is 4.94. The number of aromatic nitrogens is 4. The van der Waals surface area contributed by atoms with E-state index in [-0.39, 0.29) is 0 Å². The normalized spacial score (nSPS) is 11.7. The van der Waals surface area contributed by atoms with Crippen molar-refractivity contribution in [3.05, 3.63) is 176 Å². The van der Waals surface area contributed by atoms with Gasteiger partial charge in [-0.3, -0.25) is 4.98 Å². The van der Waals surface area contributed by atoms with Gasteiger partial charge in [-0.05, 0) is 69.8 Å². The van der Waals surface area contributed by atoms with Crippen molar-refractivity contribution in [3.8, 4) is 45.0 Å². The average Bonchev–Trinajstić information content (AvgIpc) is 3.17. The number of hydrogen-bond donors (Lipinski definition) is 0. The molecule has 0 N–H and O–H groups in total. The molecule has 7 aromatic rings. The number of nitrogens with zero attached hydrogens (tertiary/aromatic N) is 4. The molecule has 4 heteroatoms. The van der Waals surface area contributed by atoms with E-state index in [1.165, 1.54) is 0 Å². The molecule has 0 amide bonds. The van der Waals surface area contributed by atoms with Gasteiger partial charge in [-0.25, -0.2) is 15.0 Å². The maximum Gasteiger partial charge on any atom is 0.164 e. The molecule has 4 nitrogen and oxygen atoms in total. The van der Waals surface area contributed by atoms with Gasteiger partial charge in [-0.1, -0.05) is 141 Å². The summed E-state index contributed by atoms with van der Waals surface area (Å²) in [5, 5.41) is 3.37. The van der Waals surface area contributed by atoms with Crippen molar-refractivity contribution in [2.75, 3.05) is 0 Å². The molecule has 2 aromatic heterocycles. The Kier molecular flexibility index (Phi) is 8.68. The first-order valence-corrected chi connectivity index (χ1v) is 16.2. The van der Waals surface area contributed by atoms with E-state index in [9.17, 15) is 0 Å². The molecule has 0 saturated heterocycles. The Morgan fingerprint density at radius 3 is 1.86 bits per heavy atom. The summed E-state index contributed by atoms with van der Waals surface area (Å²) in [4.78, 5) is 19.4. The van der Waals surface area contributed by atoms with E-state index >= 15 is 0 Å². The highest BCUT2D eigenvalue weighted by Gasteiger charge is 2.15. The van der Waals surface area contributed by atoms with Crippen LogP contribution in [0.1, 0.15) is 23.9 Å². The monoisotopic (exact) mass is 630 g/mol. The number of rotatable bonds is 9. The molecule has 0 unspecified atom stereocenters. The van der Waals surface area contributed by atoms with Crippen LogP contribution in [-0.2, 0) is 0 Å². The van der Waals surface area contributed by atoms with E-state index in [0.717, 1.165) is 71.8 Å². The zero-order valence-corrected chi connectivity index (χ0v) is 27.3. The van der Waals surface area contributed by atoms with Crippen LogP contribution >= 0.6 is 0 Å². The van der Waals surface area contributed by atoms with Crippen LogP contribution in [0.5, 0.6) is 0 Å². The van der Waals surface area contributed by atoms with E-state index < -0.39 is 0 Å². The largest absolute Gasteiger partial charge is 0.256 e. The highest BCUT2D eigenvalue weighted by molar-refractivity contribution is 6.14. The summed E-state index contributed by atoms with van der Waals surface area (Å²) in [6, 6.07) is 37.7. The Morgan fingerprint density at radius 1 is 0.551 bits per heavy atom. The average molecular weight is 631 g/mol. The van der Waals surface area contributed by atoms with Gasteiger partial charge in [0.1, 0.15) is 0 Å². The van der Waals surface area contributed by atoms with Gasteiger partial charge >= 0.3 is 0 Å². The first kappa shape index (κ1) is 31.1. The van der Waals surface area contributed by atoms with Gasteiger partial charge in [-0.15, -0.1) is 0 Å². The fraction of sp³-hybridized carbons (Fsp3) is 0.0222. The van der Waals surface area contributed by atoms with Crippen molar-refractivity contribution in [1.29, 1.82) is 0 Å². The first-order chi connectivity index (χ1) is 24.1. The minimum Gasteiger partial charge on any atom is -0.256 e. The lowest BCUT2D eigenvalue weighted by Crippen LogP contribution is -2.02. The highest BCUT2D eigenvalue weighted by atomic mass is 15.0. The standard InChI is InChI=1S/C45H34N4/c1-5-9-16-30(6-2)43-47-44(31-17-11-10-12-18-31)49-45(48-43)36-22-14-21-34(28-36)32-19-13-20-33(27-32)35-24-25-39-40-23-15-26-46-42(40)38(8-4)37(7-3)41(39)29-35/h5-29H,1,3-4H2,2H3/b16-9-,30-6+. The molecule has 0 spiro atoms. The Bertz CT molecular complexity index is 2450. The number of benzene rings is 5. The Labute approximate surface area is 286 Å². The predicted octanol–water partition coefficient (Wildman–Crippen LogP) is 11.7. The van der Waals surface area contributed by atoms with Gasteiger partial charge in [0.05, 0.1) is 5.52 Å². The SMILES string of the molecule is C=C/C=C\C(=C/C)c1nc(-c2ccccc2)nc(-c2cccc(-c3cccc(-c4ccc5c(c4)c(C=C)c(C=C)c4ncccc45)c3)c2)n1. The molecule has 0 saturated carbocycles. The number of fused-ring (bicyclic) bond motifs is 3. The van der Waals surface area contributed by atoms with Crippen LogP contribution in [0.2, 0.25) is 0 Å². The fourth-order valence-corrected chi connectivity index (χ4v) is 6.26. The Balaban J connectivity index is 1.32. The van der Waals surface area contributed by atoms with Crippen molar-refractivity contribution in [3.63, 3.8) is 0 Å². The molecule has 0 aliphatic heterocycles. The summed E-state index contributed by atoms with van der Waals surface area (Å²) in [6.07, 6.45) is 13.2. The second-order valence-electron chi connectivity index (χ2n) is 11.6. The zero-order chi connectivity index (χ0) is 33.7.